The minimum atomic E-state index is -0.535. The fourth-order valence-electron chi connectivity index (χ4n) is 1.37. The van der Waals surface area contributed by atoms with Crippen LogP contribution in [0.5, 0.6) is 0 Å². The van der Waals surface area contributed by atoms with Gasteiger partial charge in [-0.05, 0) is 12.5 Å². The van der Waals surface area contributed by atoms with Crippen molar-refractivity contribution in [2.75, 3.05) is 13.3 Å². The van der Waals surface area contributed by atoms with Gasteiger partial charge in [0.05, 0.1) is 19.4 Å². The SMILES string of the molecule is CCO/C(C=N)=C(\Cl)C(=O)NCOCc1ccccc1. The highest BCUT2D eigenvalue weighted by Gasteiger charge is 2.12. The molecule has 108 valence electrons. The zero-order chi connectivity index (χ0) is 14.8. The molecule has 0 unspecified atom stereocenters. The molecule has 1 aromatic rings. The van der Waals surface area contributed by atoms with Crippen molar-refractivity contribution in [3.8, 4) is 0 Å². The Bertz CT molecular complexity index is 475. The summed E-state index contributed by atoms with van der Waals surface area (Å²) in [6.45, 7) is 2.50. The molecular formula is C14H17ClN2O3. The average molecular weight is 297 g/mol. The van der Waals surface area contributed by atoms with E-state index < -0.39 is 5.91 Å². The summed E-state index contributed by atoms with van der Waals surface area (Å²) in [7, 11) is 0. The van der Waals surface area contributed by atoms with Gasteiger partial charge in [0.15, 0.2) is 5.76 Å². The summed E-state index contributed by atoms with van der Waals surface area (Å²) in [5.74, 6) is -0.499. The van der Waals surface area contributed by atoms with Gasteiger partial charge < -0.3 is 20.2 Å². The molecule has 6 heteroatoms. The first-order valence-corrected chi connectivity index (χ1v) is 6.49. The van der Waals surface area contributed by atoms with Gasteiger partial charge in [0, 0.05) is 0 Å². The molecule has 0 fully saturated rings. The molecule has 0 bridgehead atoms. The van der Waals surface area contributed by atoms with E-state index in [4.69, 9.17) is 26.5 Å². The monoisotopic (exact) mass is 296 g/mol. The molecule has 20 heavy (non-hydrogen) atoms. The molecule has 5 nitrogen and oxygen atoms in total. The van der Waals surface area contributed by atoms with E-state index in [1.54, 1.807) is 6.92 Å². The van der Waals surface area contributed by atoms with Crippen molar-refractivity contribution in [1.82, 2.24) is 5.32 Å². The molecule has 1 amide bonds. The van der Waals surface area contributed by atoms with Crippen LogP contribution in [0.15, 0.2) is 41.1 Å². The lowest BCUT2D eigenvalue weighted by Crippen LogP contribution is -2.27. The maximum Gasteiger partial charge on any atom is 0.268 e. The highest BCUT2D eigenvalue weighted by atomic mass is 35.5. The number of amides is 1. The Balaban J connectivity index is 2.38. The van der Waals surface area contributed by atoms with Crippen LogP contribution in [0.1, 0.15) is 12.5 Å². The zero-order valence-electron chi connectivity index (χ0n) is 11.2. The second kappa shape index (κ2) is 9.12. The van der Waals surface area contributed by atoms with Crippen LogP contribution in [-0.4, -0.2) is 25.5 Å². The number of benzene rings is 1. The van der Waals surface area contributed by atoms with Gasteiger partial charge in [0.25, 0.3) is 5.91 Å². The quantitative estimate of drug-likeness (QED) is 0.254. The smallest absolute Gasteiger partial charge is 0.268 e. The van der Waals surface area contributed by atoms with Gasteiger partial charge in [-0.3, -0.25) is 4.79 Å². The molecule has 0 saturated heterocycles. The van der Waals surface area contributed by atoms with E-state index in [-0.39, 0.29) is 17.5 Å². The van der Waals surface area contributed by atoms with Crippen molar-refractivity contribution in [3.05, 3.63) is 46.7 Å². The van der Waals surface area contributed by atoms with Gasteiger partial charge >= 0.3 is 0 Å². The molecule has 0 radical (unpaired) electrons. The van der Waals surface area contributed by atoms with E-state index >= 15 is 0 Å². The minimum absolute atomic E-state index is 0.0291. The molecule has 0 aliphatic carbocycles. The van der Waals surface area contributed by atoms with Crippen molar-refractivity contribution in [2.24, 2.45) is 0 Å². The van der Waals surface area contributed by atoms with E-state index in [0.29, 0.717) is 13.2 Å². The van der Waals surface area contributed by atoms with Crippen molar-refractivity contribution in [1.29, 1.82) is 5.41 Å². The Hall–Kier alpha value is -1.85. The molecule has 1 rings (SSSR count). The highest BCUT2D eigenvalue weighted by Crippen LogP contribution is 2.09. The number of carbonyl (C=O) groups excluding carboxylic acids is 1. The number of rotatable bonds is 8. The Morgan fingerprint density at radius 2 is 2.10 bits per heavy atom. The lowest BCUT2D eigenvalue weighted by molar-refractivity contribution is -0.118. The second-order valence-corrected chi connectivity index (χ2v) is 4.12. The molecule has 0 aliphatic rings. The van der Waals surface area contributed by atoms with Crippen LogP contribution in [-0.2, 0) is 20.9 Å². The number of allylic oxidation sites excluding steroid dienone is 1. The standard InChI is InChI=1S/C14H17ClN2O3/c1-2-20-12(8-16)13(15)14(18)17-10-19-9-11-6-4-3-5-7-11/h3-8,16H,2,9-10H2,1H3,(H,17,18)/b13-12-,16-8?. The maximum absolute atomic E-state index is 11.7. The number of carbonyl (C=O) groups is 1. The third-order valence-corrected chi connectivity index (χ3v) is 2.65. The topological polar surface area (TPSA) is 71.4 Å². The number of nitrogens with one attached hydrogen (secondary N) is 2. The summed E-state index contributed by atoms with van der Waals surface area (Å²) < 4.78 is 10.4. The molecule has 0 heterocycles. The van der Waals surface area contributed by atoms with E-state index in [0.717, 1.165) is 11.8 Å². The van der Waals surface area contributed by atoms with Gasteiger partial charge in [-0.25, -0.2) is 0 Å². The highest BCUT2D eigenvalue weighted by molar-refractivity contribution is 6.43. The number of hydrogen-bond acceptors (Lipinski definition) is 4. The first kappa shape index (κ1) is 16.2. The van der Waals surface area contributed by atoms with Gasteiger partial charge in [-0.2, -0.15) is 0 Å². The minimum Gasteiger partial charge on any atom is -0.491 e. The van der Waals surface area contributed by atoms with Crippen LogP contribution in [0.2, 0.25) is 0 Å². The summed E-state index contributed by atoms with van der Waals surface area (Å²) >= 11 is 5.81. The largest absolute Gasteiger partial charge is 0.491 e. The summed E-state index contributed by atoms with van der Waals surface area (Å²) in [6, 6.07) is 9.60. The molecule has 0 aliphatic heterocycles. The van der Waals surface area contributed by atoms with E-state index in [1.165, 1.54) is 0 Å². The molecule has 2 N–H and O–H groups in total. The summed E-state index contributed by atoms with van der Waals surface area (Å²) in [5.41, 5.74) is 1.01. The van der Waals surface area contributed by atoms with Gasteiger partial charge in [0.1, 0.15) is 11.8 Å². The van der Waals surface area contributed by atoms with Gasteiger partial charge in [-0.15, -0.1) is 0 Å². The molecule has 0 spiro atoms. The van der Waals surface area contributed by atoms with Crippen LogP contribution >= 0.6 is 11.6 Å². The fraction of sp³-hybridized carbons (Fsp3) is 0.286. The normalized spacial score (nSPS) is 11.5. The van der Waals surface area contributed by atoms with Crippen molar-refractivity contribution in [3.63, 3.8) is 0 Å². The lowest BCUT2D eigenvalue weighted by atomic mass is 10.2. The van der Waals surface area contributed by atoms with Crippen LogP contribution in [0, 0.1) is 5.41 Å². The summed E-state index contributed by atoms with van der Waals surface area (Å²) in [5, 5.41) is 9.44. The van der Waals surface area contributed by atoms with Crippen LogP contribution < -0.4 is 5.32 Å². The van der Waals surface area contributed by atoms with E-state index in [2.05, 4.69) is 5.32 Å². The third kappa shape index (κ3) is 5.42. The first-order chi connectivity index (χ1) is 9.69. The Labute approximate surface area is 123 Å². The summed E-state index contributed by atoms with van der Waals surface area (Å²) in [4.78, 5) is 11.7. The van der Waals surface area contributed by atoms with Crippen LogP contribution in [0.3, 0.4) is 0 Å². The van der Waals surface area contributed by atoms with E-state index in [1.807, 2.05) is 30.3 Å². The van der Waals surface area contributed by atoms with E-state index in [9.17, 15) is 4.79 Å². The first-order valence-electron chi connectivity index (χ1n) is 6.12. The second-order valence-electron chi connectivity index (χ2n) is 3.74. The number of halogens is 1. The van der Waals surface area contributed by atoms with Crippen LogP contribution in [0.25, 0.3) is 0 Å². The molecular weight excluding hydrogens is 280 g/mol. The predicted molar refractivity (Wildman–Crippen MR) is 77.5 cm³/mol. The molecule has 1 aromatic carbocycles. The Morgan fingerprint density at radius 3 is 2.70 bits per heavy atom. The van der Waals surface area contributed by atoms with Crippen molar-refractivity contribution < 1.29 is 14.3 Å². The fourth-order valence-corrected chi connectivity index (χ4v) is 1.55. The van der Waals surface area contributed by atoms with Crippen LogP contribution in [0.4, 0.5) is 0 Å². The van der Waals surface area contributed by atoms with Gasteiger partial charge in [0.2, 0.25) is 0 Å². The zero-order valence-corrected chi connectivity index (χ0v) is 11.9. The Morgan fingerprint density at radius 1 is 1.40 bits per heavy atom. The molecule has 0 atom stereocenters. The van der Waals surface area contributed by atoms with Crippen molar-refractivity contribution in [2.45, 2.75) is 13.5 Å². The lowest BCUT2D eigenvalue weighted by Gasteiger charge is -2.08. The third-order valence-electron chi connectivity index (χ3n) is 2.29. The number of hydrogen-bond donors (Lipinski definition) is 2. The summed E-state index contributed by atoms with van der Waals surface area (Å²) in [6.07, 6.45) is 0.899. The maximum atomic E-state index is 11.7. The van der Waals surface area contributed by atoms with Gasteiger partial charge in [-0.1, -0.05) is 41.9 Å². The molecule has 0 aromatic heterocycles. The average Bonchev–Trinajstić information content (AvgIpc) is 2.49. The number of ether oxygens (including phenoxy) is 2. The predicted octanol–water partition coefficient (Wildman–Crippen LogP) is 2.41. The van der Waals surface area contributed by atoms with Crippen molar-refractivity contribution >= 4 is 23.7 Å². The Kier molecular flexibility index (Phi) is 7.39. The molecule has 0 saturated carbocycles.